The molecule has 2 aromatic rings. The van der Waals surface area contributed by atoms with Crippen molar-refractivity contribution in [2.45, 2.75) is 44.7 Å². The van der Waals surface area contributed by atoms with Gasteiger partial charge >= 0.3 is 0 Å². The van der Waals surface area contributed by atoms with E-state index in [0.717, 1.165) is 31.7 Å². The Bertz CT molecular complexity index is 737. The van der Waals surface area contributed by atoms with E-state index in [0.29, 0.717) is 25.0 Å². The Balaban J connectivity index is 1.82. The van der Waals surface area contributed by atoms with Crippen molar-refractivity contribution in [1.29, 1.82) is 5.26 Å². The minimum atomic E-state index is 0.143. The molecule has 0 saturated carbocycles. The van der Waals surface area contributed by atoms with Crippen LogP contribution >= 0.6 is 0 Å². The van der Waals surface area contributed by atoms with Gasteiger partial charge in [-0.05, 0) is 50.4 Å². The number of piperidine rings is 1. The standard InChI is InChI=1S/C23H31N3O/c1-19-17-25(3)20(2)16-23(19,21-8-5-4-6-9-21)11-13-26(14-12-24)18-22-10-7-15-27-22/h4-10,15,19-20H,11,13-14,16-18H2,1-3H3. The lowest BCUT2D eigenvalue weighted by atomic mass is 9.63. The lowest BCUT2D eigenvalue weighted by molar-refractivity contribution is 0.0607. The highest BCUT2D eigenvalue weighted by molar-refractivity contribution is 5.28. The van der Waals surface area contributed by atoms with Crippen LogP contribution in [0.5, 0.6) is 0 Å². The molecule has 4 nitrogen and oxygen atoms in total. The van der Waals surface area contributed by atoms with Crippen LogP contribution in [0, 0.1) is 17.2 Å². The molecule has 0 bridgehead atoms. The predicted molar refractivity (Wildman–Crippen MR) is 108 cm³/mol. The molecule has 1 aromatic carbocycles. The summed E-state index contributed by atoms with van der Waals surface area (Å²) < 4.78 is 5.51. The highest BCUT2D eigenvalue weighted by Gasteiger charge is 2.43. The zero-order valence-electron chi connectivity index (χ0n) is 16.8. The second kappa shape index (κ2) is 8.73. The highest BCUT2D eigenvalue weighted by Crippen LogP contribution is 2.44. The molecule has 0 aliphatic carbocycles. The normalized spacial score (nSPS) is 26.2. The number of nitrogens with zero attached hydrogens (tertiary/aromatic N) is 3. The summed E-state index contributed by atoms with van der Waals surface area (Å²) in [6.07, 6.45) is 3.90. The van der Waals surface area contributed by atoms with Crippen LogP contribution in [0.3, 0.4) is 0 Å². The summed E-state index contributed by atoms with van der Waals surface area (Å²) >= 11 is 0. The fourth-order valence-corrected chi connectivity index (χ4v) is 4.63. The average Bonchev–Trinajstić information content (AvgIpc) is 3.17. The molecule has 3 unspecified atom stereocenters. The average molecular weight is 366 g/mol. The molecule has 27 heavy (non-hydrogen) atoms. The van der Waals surface area contributed by atoms with Crippen LogP contribution < -0.4 is 0 Å². The molecule has 0 N–H and O–H groups in total. The summed E-state index contributed by atoms with van der Waals surface area (Å²) in [5.74, 6) is 1.48. The Hall–Kier alpha value is -2.09. The number of likely N-dealkylation sites (tertiary alicyclic amines) is 1. The topological polar surface area (TPSA) is 43.4 Å². The maximum atomic E-state index is 9.28. The van der Waals surface area contributed by atoms with Gasteiger partial charge in [0.2, 0.25) is 0 Å². The Morgan fingerprint density at radius 2 is 2.00 bits per heavy atom. The minimum absolute atomic E-state index is 0.143. The Kier molecular flexibility index (Phi) is 6.36. The van der Waals surface area contributed by atoms with Crippen molar-refractivity contribution in [3.63, 3.8) is 0 Å². The molecule has 144 valence electrons. The number of nitriles is 1. The predicted octanol–water partition coefficient (Wildman–Crippen LogP) is 4.29. The Morgan fingerprint density at radius 1 is 1.22 bits per heavy atom. The first-order valence-electron chi connectivity index (χ1n) is 9.92. The van der Waals surface area contributed by atoms with Gasteiger partial charge in [-0.2, -0.15) is 5.26 Å². The van der Waals surface area contributed by atoms with Crippen LogP contribution in [-0.4, -0.2) is 42.5 Å². The summed E-state index contributed by atoms with van der Waals surface area (Å²) in [6.45, 7) is 7.83. The van der Waals surface area contributed by atoms with Crippen molar-refractivity contribution in [3.05, 3.63) is 60.1 Å². The van der Waals surface area contributed by atoms with Crippen LogP contribution in [0.4, 0.5) is 0 Å². The molecule has 2 heterocycles. The molecule has 1 aromatic heterocycles. The van der Waals surface area contributed by atoms with E-state index in [9.17, 15) is 5.26 Å². The minimum Gasteiger partial charge on any atom is -0.468 e. The molecule has 0 amide bonds. The Labute approximate surface area is 163 Å². The Morgan fingerprint density at radius 3 is 2.67 bits per heavy atom. The molecule has 1 aliphatic rings. The molecular weight excluding hydrogens is 334 g/mol. The molecule has 3 rings (SSSR count). The van der Waals surface area contributed by atoms with E-state index in [2.05, 4.69) is 67.1 Å². The monoisotopic (exact) mass is 365 g/mol. The third kappa shape index (κ3) is 4.43. The van der Waals surface area contributed by atoms with Gasteiger partial charge in [-0.3, -0.25) is 4.90 Å². The summed E-state index contributed by atoms with van der Waals surface area (Å²) in [4.78, 5) is 4.68. The third-order valence-corrected chi connectivity index (χ3v) is 6.39. The first-order chi connectivity index (χ1) is 13.0. The summed E-state index contributed by atoms with van der Waals surface area (Å²) in [7, 11) is 2.23. The van der Waals surface area contributed by atoms with Crippen LogP contribution in [0.25, 0.3) is 0 Å². The lowest BCUT2D eigenvalue weighted by Crippen LogP contribution is -2.52. The van der Waals surface area contributed by atoms with E-state index in [1.165, 1.54) is 5.56 Å². The molecule has 3 atom stereocenters. The van der Waals surface area contributed by atoms with Gasteiger partial charge in [0.15, 0.2) is 0 Å². The maximum Gasteiger partial charge on any atom is 0.117 e. The zero-order chi connectivity index (χ0) is 19.3. The van der Waals surface area contributed by atoms with E-state index in [4.69, 9.17) is 4.42 Å². The van der Waals surface area contributed by atoms with Crippen molar-refractivity contribution in [1.82, 2.24) is 9.80 Å². The molecule has 1 fully saturated rings. The van der Waals surface area contributed by atoms with E-state index in [-0.39, 0.29) is 5.41 Å². The maximum absolute atomic E-state index is 9.28. The van der Waals surface area contributed by atoms with E-state index in [1.54, 1.807) is 6.26 Å². The van der Waals surface area contributed by atoms with Gasteiger partial charge in [0.1, 0.15) is 5.76 Å². The molecule has 0 radical (unpaired) electrons. The lowest BCUT2D eigenvalue weighted by Gasteiger charge is -2.50. The summed E-state index contributed by atoms with van der Waals surface area (Å²) in [5.41, 5.74) is 1.58. The quantitative estimate of drug-likeness (QED) is 0.687. The highest BCUT2D eigenvalue weighted by atomic mass is 16.3. The van der Waals surface area contributed by atoms with Crippen molar-refractivity contribution in [2.75, 3.05) is 26.7 Å². The van der Waals surface area contributed by atoms with Crippen LogP contribution in [0.2, 0.25) is 0 Å². The number of hydrogen-bond donors (Lipinski definition) is 0. The summed E-state index contributed by atoms with van der Waals surface area (Å²) in [6, 6.07) is 17.7. The fourth-order valence-electron chi connectivity index (χ4n) is 4.63. The fraction of sp³-hybridized carbons (Fsp3) is 0.522. The first kappa shape index (κ1) is 19.7. The van der Waals surface area contributed by atoms with Gasteiger partial charge < -0.3 is 9.32 Å². The second-order valence-corrected chi connectivity index (χ2v) is 8.11. The smallest absolute Gasteiger partial charge is 0.117 e. The van der Waals surface area contributed by atoms with Gasteiger partial charge in [-0.1, -0.05) is 37.3 Å². The first-order valence-corrected chi connectivity index (χ1v) is 9.92. The van der Waals surface area contributed by atoms with Crippen molar-refractivity contribution in [3.8, 4) is 6.07 Å². The number of hydrogen-bond acceptors (Lipinski definition) is 4. The third-order valence-electron chi connectivity index (χ3n) is 6.39. The van der Waals surface area contributed by atoms with Gasteiger partial charge in [0.25, 0.3) is 0 Å². The van der Waals surface area contributed by atoms with E-state index < -0.39 is 0 Å². The van der Waals surface area contributed by atoms with Crippen LogP contribution in [0.15, 0.2) is 53.1 Å². The van der Waals surface area contributed by atoms with Gasteiger partial charge in [-0.15, -0.1) is 0 Å². The molecule has 0 spiro atoms. The molecule has 1 aliphatic heterocycles. The van der Waals surface area contributed by atoms with Crippen molar-refractivity contribution >= 4 is 0 Å². The van der Waals surface area contributed by atoms with Crippen LogP contribution in [-0.2, 0) is 12.0 Å². The SMILES string of the molecule is CC1CC(CCN(CC#N)Cc2ccco2)(c2ccccc2)C(C)CN1C. The van der Waals surface area contributed by atoms with Gasteiger partial charge in [0.05, 0.1) is 25.4 Å². The van der Waals surface area contributed by atoms with Crippen molar-refractivity contribution < 1.29 is 4.42 Å². The molecule has 1 saturated heterocycles. The van der Waals surface area contributed by atoms with Crippen LogP contribution in [0.1, 0.15) is 38.0 Å². The summed E-state index contributed by atoms with van der Waals surface area (Å²) in [5, 5.41) is 9.28. The van der Waals surface area contributed by atoms with Gasteiger partial charge in [-0.25, -0.2) is 0 Å². The molecule has 4 heteroatoms. The van der Waals surface area contributed by atoms with Crippen molar-refractivity contribution in [2.24, 2.45) is 5.92 Å². The van der Waals surface area contributed by atoms with E-state index in [1.807, 2.05) is 12.1 Å². The molecular formula is C23H31N3O. The largest absolute Gasteiger partial charge is 0.468 e. The number of rotatable bonds is 7. The number of benzene rings is 1. The van der Waals surface area contributed by atoms with E-state index >= 15 is 0 Å². The zero-order valence-corrected chi connectivity index (χ0v) is 16.8. The number of furan rings is 1. The van der Waals surface area contributed by atoms with Gasteiger partial charge in [0, 0.05) is 24.5 Å². The second-order valence-electron chi connectivity index (χ2n) is 8.11.